The summed E-state index contributed by atoms with van der Waals surface area (Å²) in [6, 6.07) is 56.0. The minimum atomic E-state index is 1.18. The van der Waals surface area contributed by atoms with E-state index >= 15 is 0 Å². The second-order valence-electron chi connectivity index (χ2n) is 11.7. The van der Waals surface area contributed by atoms with Gasteiger partial charge in [-0.2, -0.15) is 0 Å². The zero-order chi connectivity index (χ0) is 28.8. The van der Waals surface area contributed by atoms with Gasteiger partial charge in [-0.3, -0.25) is 0 Å². The monoisotopic (exact) mass is 575 g/mol. The summed E-state index contributed by atoms with van der Waals surface area (Å²) < 4.78 is 5.17. The van der Waals surface area contributed by atoms with E-state index in [2.05, 4.69) is 156 Å². The van der Waals surface area contributed by atoms with E-state index in [4.69, 9.17) is 0 Å². The minimum Gasteiger partial charge on any atom is -0.308 e. The number of nitrogens with zero attached hydrogens (tertiary/aromatic N) is 1. The number of thiophene rings is 1. The molecule has 1 aliphatic carbocycles. The van der Waals surface area contributed by atoms with Crippen LogP contribution < -0.4 is 0 Å². The van der Waals surface area contributed by atoms with Gasteiger partial charge in [0.2, 0.25) is 0 Å². The number of hydrogen-bond acceptors (Lipinski definition) is 1. The Hall–Kier alpha value is -5.44. The molecule has 204 valence electrons. The molecule has 2 heteroatoms. The summed E-state index contributed by atoms with van der Waals surface area (Å²) in [6.45, 7) is 0. The van der Waals surface area contributed by atoms with Crippen LogP contribution >= 0.6 is 11.3 Å². The molecule has 9 aromatic rings. The van der Waals surface area contributed by atoms with Gasteiger partial charge in [0.1, 0.15) is 0 Å². The Labute approximate surface area is 258 Å². The summed E-state index contributed by atoms with van der Waals surface area (Å²) >= 11 is 1.90. The third-order valence-electron chi connectivity index (χ3n) is 9.38. The second-order valence-corrected chi connectivity index (χ2v) is 12.7. The first-order chi connectivity index (χ1) is 21.8. The third kappa shape index (κ3) is 3.23. The van der Waals surface area contributed by atoms with E-state index in [1.165, 1.54) is 92.2 Å². The standard InChI is InChI=1S/C42H25NS/c1-2-12-28-27(11-1)29-13-3-4-15-31(29)33-22-21-26(25-38(33)32-16-6-5-14-30(28)32)43-39-19-9-7-17-34(39)36-23-24-37-35-18-8-10-20-40(35)44-42(37)41(36)43/h1-25H. The quantitative estimate of drug-likeness (QED) is 0.183. The molecular weight excluding hydrogens is 551 g/mol. The van der Waals surface area contributed by atoms with Crippen molar-refractivity contribution in [2.24, 2.45) is 0 Å². The molecule has 1 nitrogen and oxygen atoms in total. The van der Waals surface area contributed by atoms with Crippen LogP contribution in [0.3, 0.4) is 0 Å². The molecule has 0 atom stereocenters. The van der Waals surface area contributed by atoms with Gasteiger partial charge in [-0.1, -0.05) is 127 Å². The maximum absolute atomic E-state index is 2.50. The van der Waals surface area contributed by atoms with Crippen molar-refractivity contribution in [3.63, 3.8) is 0 Å². The largest absolute Gasteiger partial charge is 0.308 e. The number of para-hydroxylation sites is 1. The Kier molecular flexibility index (Phi) is 4.94. The fourth-order valence-corrected chi connectivity index (χ4v) is 8.73. The highest BCUT2D eigenvalue weighted by Crippen LogP contribution is 2.49. The molecule has 0 unspecified atom stereocenters. The van der Waals surface area contributed by atoms with Gasteiger partial charge in [-0.15, -0.1) is 11.3 Å². The predicted molar refractivity (Wildman–Crippen MR) is 189 cm³/mol. The molecule has 0 spiro atoms. The molecule has 2 heterocycles. The first-order valence-corrected chi connectivity index (χ1v) is 15.9. The van der Waals surface area contributed by atoms with Crippen molar-refractivity contribution in [3.05, 3.63) is 152 Å². The van der Waals surface area contributed by atoms with Crippen LogP contribution in [0.2, 0.25) is 0 Å². The summed E-state index contributed by atoms with van der Waals surface area (Å²) in [7, 11) is 0. The van der Waals surface area contributed by atoms with Crippen molar-refractivity contribution < 1.29 is 0 Å². The molecule has 10 rings (SSSR count). The maximum Gasteiger partial charge on any atom is 0.0719 e. The highest BCUT2D eigenvalue weighted by Gasteiger charge is 2.23. The van der Waals surface area contributed by atoms with Crippen LogP contribution in [0.5, 0.6) is 0 Å². The zero-order valence-electron chi connectivity index (χ0n) is 23.8. The predicted octanol–water partition coefficient (Wildman–Crippen LogP) is 12.1. The number of hydrogen-bond donors (Lipinski definition) is 0. The van der Waals surface area contributed by atoms with E-state index in [0.29, 0.717) is 0 Å². The number of rotatable bonds is 1. The van der Waals surface area contributed by atoms with Gasteiger partial charge in [0, 0.05) is 31.9 Å². The van der Waals surface area contributed by atoms with E-state index in [0.717, 1.165) is 0 Å². The molecule has 0 N–H and O–H groups in total. The van der Waals surface area contributed by atoms with Crippen LogP contribution in [0.25, 0.3) is 92.2 Å². The maximum atomic E-state index is 2.50. The van der Waals surface area contributed by atoms with E-state index in [1.807, 2.05) is 11.3 Å². The van der Waals surface area contributed by atoms with Crippen molar-refractivity contribution in [2.45, 2.75) is 0 Å². The van der Waals surface area contributed by atoms with Gasteiger partial charge >= 0.3 is 0 Å². The van der Waals surface area contributed by atoms with Gasteiger partial charge < -0.3 is 4.57 Å². The molecule has 44 heavy (non-hydrogen) atoms. The van der Waals surface area contributed by atoms with Gasteiger partial charge in [0.15, 0.2) is 0 Å². The number of aromatic nitrogens is 1. The lowest BCUT2D eigenvalue weighted by molar-refractivity contribution is 1.19. The lowest BCUT2D eigenvalue weighted by Crippen LogP contribution is -1.99. The number of fused-ring (bicyclic) bond motifs is 15. The fourth-order valence-electron chi connectivity index (χ4n) is 7.49. The van der Waals surface area contributed by atoms with Crippen LogP contribution in [-0.4, -0.2) is 4.57 Å². The smallest absolute Gasteiger partial charge is 0.0719 e. The van der Waals surface area contributed by atoms with Crippen molar-refractivity contribution in [1.82, 2.24) is 4.57 Å². The Balaban J connectivity index is 1.34. The van der Waals surface area contributed by atoms with Crippen LogP contribution in [0.15, 0.2) is 152 Å². The lowest BCUT2D eigenvalue weighted by atomic mass is 9.81. The Morgan fingerprint density at radius 2 is 0.864 bits per heavy atom. The van der Waals surface area contributed by atoms with Crippen molar-refractivity contribution in [3.8, 4) is 50.2 Å². The second kappa shape index (κ2) is 9.03. The highest BCUT2D eigenvalue weighted by molar-refractivity contribution is 7.26. The van der Waals surface area contributed by atoms with E-state index in [-0.39, 0.29) is 0 Å². The summed E-state index contributed by atoms with van der Waals surface area (Å²) in [5, 5.41) is 5.23. The zero-order valence-corrected chi connectivity index (χ0v) is 24.6. The average molecular weight is 576 g/mol. The molecule has 0 amide bonds. The van der Waals surface area contributed by atoms with Crippen LogP contribution in [0.1, 0.15) is 0 Å². The molecule has 0 saturated heterocycles. The average Bonchev–Trinajstić information content (AvgIpc) is 3.64. The van der Waals surface area contributed by atoms with E-state index in [9.17, 15) is 0 Å². The van der Waals surface area contributed by atoms with Crippen LogP contribution in [-0.2, 0) is 0 Å². The highest BCUT2D eigenvalue weighted by atomic mass is 32.1. The van der Waals surface area contributed by atoms with Gasteiger partial charge in [-0.05, 0) is 68.8 Å². The van der Waals surface area contributed by atoms with Gasteiger partial charge in [0.05, 0.1) is 15.7 Å². The first-order valence-electron chi connectivity index (χ1n) is 15.1. The molecule has 0 bridgehead atoms. The lowest BCUT2D eigenvalue weighted by Gasteiger charge is -2.24. The SMILES string of the molecule is c1ccc2c(c1)-c1ccccc1-c1ccc(-n3c4ccccc4c4ccc5c6ccccc6sc5c43)cc1-c1ccccc1-2. The molecule has 0 radical (unpaired) electrons. The topological polar surface area (TPSA) is 4.93 Å². The Morgan fingerprint density at radius 1 is 0.364 bits per heavy atom. The molecule has 7 aromatic carbocycles. The first kappa shape index (κ1) is 24.0. The summed E-state index contributed by atoms with van der Waals surface area (Å²) in [5.41, 5.74) is 13.8. The van der Waals surface area contributed by atoms with Gasteiger partial charge in [-0.25, -0.2) is 0 Å². The van der Waals surface area contributed by atoms with Crippen molar-refractivity contribution in [1.29, 1.82) is 0 Å². The Morgan fingerprint density at radius 3 is 1.52 bits per heavy atom. The minimum absolute atomic E-state index is 1.18. The Bertz CT molecular complexity index is 2610. The number of benzene rings is 7. The van der Waals surface area contributed by atoms with E-state index < -0.39 is 0 Å². The van der Waals surface area contributed by atoms with Crippen molar-refractivity contribution in [2.75, 3.05) is 0 Å². The van der Waals surface area contributed by atoms with Gasteiger partial charge in [0.25, 0.3) is 0 Å². The summed E-state index contributed by atoms with van der Waals surface area (Å²) in [6.07, 6.45) is 0. The van der Waals surface area contributed by atoms with Crippen LogP contribution in [0, 0.1) is 0 Å². The fraction of sp³-hybridized carbons (Fsp3) is 0. The third-order valence-corrected chi connectivity index (χ3v) is 10.6. The molecule has 2 aromatic heterocycles. The van der Waals surface area contributed by atoms with E-state index in [1.54, 1.807) is 0 Å². The molecule has 0 saturated carbocycles. The molecule has 0 fully saturated rings. The normalized spacial score (nSPS) is 12.1. The summed E-state index contributed by atoms with van der Waals surface area (Å²) in [4.78, 5) is 0. The molecule has 1 aliphatic rings. The van der Waals surface area contributed by atoms with Crippen LogP contribution in [0.4, 0.5) is 0 Å². The van der Waals surface area contributed by atoms with Crippen molar-refractivity contribution >= 4 is 53.3 Å². The molecule has 0 aliphatic heterocycles. The summed E-state index contributed by atoms with van der Waals surface area (Å²) in [5.74, 6) is 0. The molecular formula is C42H25NS.